The maximum atomic E-state index is 11.3. The lowest BCUT2D eigenvalue weighted by molar-refractivity contribution is -0.137. The average Bonchev–Trinajstić information content (AvgIpc) is 2.35. The van der Waals surface area contributed by atoms with E-state index in [-0.39, 0.29) is 5.78 Å². The molecule has 1 rings (SSSR count). The first-order valence-corrected chi connectivity index (χ1v) is 5.34. The molecule has 0 aliphatic rings. The van der Waals surface area contributed by atoms with E-state index in [2.05, 4.69) is 4.74 Å². The molecule has 88 valence electrons. The van der Waals surface area contributed by atoms with E-state index in [9.17, 15) is 9.59 Å². The average molecular weight is 230 g/mol. The second-order valence-corrected chi connectivity index (χ2v) is 3.23. The van der Waals surface area contributed by atoms with Crippen molar-refractivity contribution in [3.63, 3.8) is 0 Å². The monoisotopic (exact) mass is 230 g/mol. The Kier molecular flexibility index (Phi) is 5.44. The largest absolute Gasteiger partial charge is 0.463 e. The summed E-state index contributed by atoms with van der Waals surface area (Å²) in [7, 11) is 0. The van der Waals surface area contributed by atoms with Gasteiger partial charge in [-0.1, -0.05) is 36.4 Å². The van der Waals surface area contributed by atoms with Crippen molar-refractivity contribution < 1.29 is 14.3 Å². The van der Waals surface area contributed by atoms with Crippen LogP contribution in [-0.2, 0) is 14.3 Å². The van der Waals surface area contributed by atoms with Gasteiger partial charge >= 0.3 is 5.97 Å². The molecule has 0 saturated carbocycles. The first kappa shape index (κ1) is 12.9. The van der Waals surface area contributed by atoms with E-state index < -0.39 is 5.97 Å². The molecule has 0 N–H and O–H groups in total. The van der Waals surface area contributed by atoms with E-state index >= 15 is 0 Å². The fourth-order valence-electron chi connectivity index (χ4n) is 1.14. The minimum Gasteiger partial charge on any atom is -0.463 e. The molecule has 0 radical (unpaired) electrons. The number of benzene rings is 1. The van der Waals surface area contributed by atoms with Gasteiger partial charge in [-0.15, -0.1) is 0 Å². The molecule has 17 heavy (non-hydrogen) atoms. The first-order valence-electron chi connectivity index (χ1n) is 5.34. The number of ketones is 1. The molecular weight excluding hydrogens is 216 g/mol. The molecule has 0 saturated heterocycles. The lowest BCUT2D eigenvalue weighted by atomic mass is 10.2. The van der Waals surface area contributed by atoms with Crippen molar-refractivity contribution in [3.8, 4) is 0 Å². The Morgan fingerprint density at radius 1 is 1.12 bits per heavy atom. The van der Waals surface area contributed by atoms with Crippen LogP contribution in [0, 0.1) is 0 Å². The van der Waals surface area contributed by atoms with Crippen molar-refractivity contribution in [2.24, 2.45) is 0 Å². The van der Waals surface area contributed by atoms with E-state index in [1.165, 1.54) is 12.2 Å². The zero-order chi connectivity index (χ0) is 12.5. The number of rotatable bonds is 5. The van der Waals surface area contributed by atoms with Crippen LogP contribution in [0.15, 0.2) is 48.6 Å². The minimum atomic E-state index is -0.506. The van der Waals surface area contributed by atoms with Gasteiger partial charge in [0.2, 0.25) is 0 Å². The van der Waals surface area contributed by atoms with E-state index in [0.717, 1.165) is 11.6 Å². The van der Waals surface area contributed by atoms with Crippen LogP contribution in [0.5, 0.6) is 0 Å². The summed E-state index contributed by atoms with van der Waals surface area (Å²) < 4.78 is 4.65. The van der Waals surface area contributed by atoms with Crippen LogP contribution >= 0.6 is 0 Å². The lowest BCUT2D eigenvalue weighted by Gasteiger charge is -1.93. The SMILES string of the molecule is CCOC(=O)/C=C/C(=O)/C=C/c1ccccc1. The molecule has 1 aromatic carbocycles. The number of hydrogen-bond donors (Lipinski definition) is 0. The highest BCUT2D eigenvalue weighted by Gasteiger charge is 1.95. The fraction of sp³-hybridized carbons (Fsp3) is 0.143. The van der Waals surface area contributed by atoms with E-state index in [1.807, 2.05) is 30.3 Å². The number of hydrogen-bond acceptors (Lipinski definition) is 3. The highest BCUT2D eigenvalue weighted by Crippen LogP contribution is 2.00. The third-order valence-corrected chi connectivity index (χ3v) is 1.91. The van der Waals surface area contributed by atoms with Gasteiger partial charge in [0.05, 0.1) is 6.61 Å². The molecule has 3 heteroatoms. The van der Waals surface area contributed by atoms with E-state index in [0.29, 0.717) is 6.61 Å². The normalized spacial score (nSPS) is 10.9. The fourth-order valence-corrected chi connectivity index (χ4v) is 1.14. The summed E-state index contributed by atoms with van der Waals surface area (Å²) in [5.41, 5.74) is 0.936. The van der Waals surface area contributed by atoms with Crippen LogP contribution in [0.3, 0.4) is 0 Å². The van der Waals surface area contributed by atoms with Gasteiger partial charge in [-0.05, 0) is 24.6 Å². The molecule has 0 amide bonds. The second-order valence-electron chi connectivity index (χ2n) is 3.23. The summed E-state index contributed by atoms with van der Waals surface area (Å²) in [5, 5.41) is 0. The summed E-state index contributed by atoms with van der Waals surface area (Å²) in [6, 6.07) is 9.45. The van der Waals surface area contributed by atoms with Crippen LogP contribution in [0.4, 0.5) is 0 Å². The molecule has 0 aliphatic carbocycles. The number of esters is 1. The second kappa shape index (κ2) is 7.17. The summed E-state index contributed by atoms with van der Waals surface area (Å²) in [6.45, 7) is 2.01. The van der Waals surface area contributed by atoms with Gasteiger partial charge in [-0.25, -0.2) is 4.79 Å². The number of carbonyl (C=O) groups excluding carboxylic acids is 2. The van der Waals surface area contributed by atoms with E-state index in [1.54, 1.807) is 13.0 Å². The van der Waals surface area contributed by atoms with Crippen molar-refractivity contribution in [2.75, 3.05) is 6.61 Å². The molecule has 0 spiro atoms. The van der Waals surface area contributed by atoms with Crippen LogP contribution in [0.2, 0.25) is 0 Å². The Morgan fingerprint density at radius 2 is 1.82 bits per heavy atom. The number of ether oxygens (including phenoxy) is 1. The molecular formula is C14H14O3. The summed E-state index contributed by atoms with van der Waals surface area (Å²) >= 11 is 0. The molecule has 3 nitrogen and oxygen atoms in total. The predicted octanol–water partition coefficient (Wildman–Crippen LogP) is 2.39. The molecule has 0 unspecified atom stereocenters. The third kappa shape index (κ3) is 5.47. The lowest BCUT2D eigenvalue weighted by Crippen LogP contribution is -2.00. The minimum absolute atomic E-state index is 0.248. The quantitative estimate of drug-likeness (QED) is 0.576. The first-order chi connectivity index (χ1) is 8.22. The molecule has 0 aliphatic heterocycles. The zero-order valence-electron chi connectivity index (χ0n) is 9.63. The van der Waals surface area contributed by atoms with Crippen LogP contribution in [-0.4, -0.2) is 18.4 Å². The van der Waals surface area contributed by atoms with Gasteiger partial charge in [-0.3, -0.25) is 4.79 Å². The van der Waals surface area contributed by atoms with Gasteiger partial charge in [-0.2, -0.15) is 0 Å². The molecule has 0 fully saturated rings. The smallest absolute Gasteiger partial charge is 0.330 e. The zero-order valence-corrected chi connectivity index (χ0v) is 9.63. The summed E-state index contributed by atoms with van der Waals surface area (Å²) in [6.07, 6.45) is 5.42. The maximum Gasteiger partial charge on any atom is 0.330 e. The Morgan fingerprint density at radius 3 is 2.47 bits per heavy atom. The summed E-state index contributed by atoms with van der Waals surface area (Å²) in [4.78, 5) is 22.3. The van der Waals surface area contributed by atoms with Crippen molar-refractivity contribution >= 4 is 17.8 Å². The molecule has 0 heterocycles. The molecule has 1 aromatic rings. The Labute approximate surface area is 100 Å². The van der Waals surface area contributed by atoms with Crippen molar-refractivity contribution in [1.29, 1.82) is 0 Å². The Bertz CT molecular complexity index is 430. The van der Waals surface area contributed by atoms with Gasteiger partial charge in [0, 0.05) is 6.08 Å². The highest BCUT2D eigenvalue weighted by atomic mass is 16.5. The third-order valence-electron chi connectivity index (χ3n) is 1.91. The van der Waals surface area contributed by atoms with Crippen molar-refractivity contribution in [3.05, 3.63) is 54.1 Å². The predicted molar refractivity (Wildman–Crippen MR) is 66.3 cm³/mol. The molecule has 0 atom stereocenters. The van der Waals surface area contributed by atoms with Crippen LogP contribution < -0.4 is 0 Å². The molecule has 0 aromatic heterocycles. The highest BCUT2D eigenvalue weighted by molar-refractivity contribution is 6.04. The van der Waals surface area contributed by atoms with Crippen LogP contribution in [0.25, 0.3) is 6.08 Å². The van der Waals surface area contributed by atoms with Crippen LogP contribution in [0.1, 0.15) is 12.5 Å². The van der Waals surface area contributed by atoms with E-state index in [4.69, 9.17) is 0 Å². The topological polar surface area (TPSA) is 43.4 Å². The Hall–Kier alpha value is -2.16. The standard InChI is InChI=1S/C14H14O3/c1-2-17-14(16)11-10-13(15)9-8-12-6-4-3-5-7-12/h3-11H,2H2,1H3/b9-8+,11-10+. The Balaban J connectivity index is 2.50. The van der Waals surface area contributed by atoms with Crippen molar-refractivity contribution in [1.82, 2.24) is 0 Å². The summed E-state index contributed by atoms with van der Waals surface area (Å²) in [5.74, 6) is -0.754. The van der Waals surface area contributed by atoms with Crippen molar-refractivity contribution in [2.45, 2.75) is 6.92 Å². The maximum absolute atomic E-state index is 11.3. The van der Waals surface area contributed by atoms with Gasteiger partial charge < -0.3 is 4.74 Å². The van der Waals surface area contributed by atoms with Gasteiger partial charge in [0.25, 0.3) is 0 Å². The number of carbonyl (C=O) groups is 2. The van der Waals surface area contributed by atoms with Gasteiger partial charge in [0.15, 0.2) is 5.78 Å². The van der Waals surface area contributed by atoms with Gasteiger partial charge in [0.1, 0.15) is 0 Å². The number of allylic oxidation sites excluding steroid dienone is 2. The molecule has 0 bridgehead atoms.